The zero-order valence-electron chi connectivity index (χ0n) is 31.5. The Kier molecular flexibility index (Phi) is 11.4. The molecule has 0 radical (unpaired) electrons. The Balaban J connectivity index is 1.28. The number of anilines is 1. The molecule has 1 unspecified atom stereocenters. The highest BCUT2D eigenvalue weighted by Crippen LogP contribution is 2.33. The lowest BCUT2D eigenvalue weighted by molar-refractivity contribution is -0.218. The quantitative estimate of drug-likeness (QED) is 0.0735. The number of aromatic nitrogens is 3. The molecule has 0 aliphatic carbocycles. The number of carbonyl (C=O) groups excluding carboxylic acids is 4. The molecule has 5 heterocycles. The van der Waals surface area contributed by atoms with Crippen molar-refractivity contribution in [2.24, 2.45) is 11.1 Å². The van der Waals surface area contributed by atoms with E-state index >= 15 is 0 Å². The standard InChI is InChI=1S/C33H44N8O12S2/c1-31(2,3)50-28(44)22(16-49-20-9-10-23-35-19(14-39(23)15-20)11-18-12-40(13-18)30(45)51-32(4,5)6)52-38-24(21-17-54-29(34)36-21)26(42)37-25-27(43)41(33(25,7)8)53-55(46,47)48/h9-10,14-15,17-18,22,25H,11-13,16H2,1-8H3,(H2,34,36)(H,37,42)(H,46,47,48)/b38-24-/t22?,25-/m1/s1. The summed E-state index contributed by atoms with van der Waals surface area (Å²) in [4.78, 5) is 67.8. The van der Waals surface area contributed by atoms with Crippen molar-refractivity contribution in [3.8, 4) is 5.75 Å². The Bertz CT molecular complexity index is 2100. The number of esters is 1. The van der Waals surface area contributed by atoms with Crippen molar-refractivity contribution < 1.29 is 55.5 Å². The summed E-state index contributed by atoms with van der Waals surface area (Å²) in [5.74, 6) is -2.28. The lowest BCUT2D eigenvalue weighted by Crippen LogP contribution is -2.76. The van der Waals surface area contributed by atoms with Crippen LogP contribution >= 0.6 is 11.3 Å². The van der Waals surface area contributed by atoms with Crippen molar-refractivity contribution in [2.75, 3.05) is 25.4 Å². The Hall–Kier alpha value is -5.06. The number of hydrogen-bond donors (Lipinski definition) is 3. The summed E-state index contributed by atoms with van der Waals surface area (Å²) in [6.45, 7) is 13.9. The molecule has 0 saturated carbocycles. The van der Waals surface area contributed by atoms with E-state index in [0.29, 0.717) is 36.0 Å². The average molecular weight is 809 g/mol. The second-order valence-electron chi connectivity index (χ2n) is 15.5. The maximum absolute atomic E-state index is 13.5. The number of β-lactam (4-membered cyclic amide) rings is 1. The van der Waals surface area contributed by atoms with Gasteiger partial charge in [0.1, 0.15) is 40.9 Å². The maximum Gasteiger partial charge on any atom is 0.418 e. The zero-order valence-corrected chi connectivity index (χ0v) is 33.1. The minimum atomic E-state index is -5.03. The van der Waals surface area contributed by atoms with E-state index in [0.717, 1.165) is 17.0 Å². The highest BCUT2D eigenvalue weighted by atomic mass is 32.3. The van der Waals surface area contributed by atoms with Gasteiger partial charge in [0.2, 0.25) is 0 Å². The van der Waals surface area contributed by atoms with Gasteiger partial charge in [0.15, 0.2) is 10.8 Å². The molecule has 5 rings (SSSR count). The van der Waals surface area contributed by atoms with Crippen LogP contribution in [0.25, 0.3) is 5.65 Å². The molecule has 0 aromatic carbocycles. The fraction of sp³-hybridized carbons (Fsp3) is 0.545. The number of nitrogens with two attached hydrogens (primary N) is 1. The first-order valence-electron chi connectivity index (χ1n) is 17.0. The minimum absolute atomic E-state index is 0.0553. The third kappa shape index (κ3) is 10.4. The van der Waals surface area contributed by atoms with Crippen LogP contribution in [0.5, 0.6) is 5.75 Å². The second-order valence-corrected chi connectivity index (χ2v) is 17.4. The molecule has 2 aliphatic rings. The van der Waals surface area contributed by atoms with Gasteiger partial charge in [-0.15, -0.1) is 15.6 Å². The van der Waals surface area contributed by atoms with Crippen LogP contribution in [-0.4, -0.2) is 115 Å². The summed E-state index contributed by atoms with van der Waals surface area (Å²) >= 11 is 0.981. The van der Waals surface area contributed by atoms with E-state index in [1.165, 1.54) is 19.2 Å². The van der Waals surface area contributed by atoms with Crippen LogP contribution in [0.3, 0.4) is 0 Å². The zero-order chi connectivity index (χ0) is 40.7. The Labute approximate surface area is 320 Å². The van der Waals surface area contributed by atoms with Crippen LogP contribution in [0.2, 0.25) is 0 Å². The topological polar surface area (TPSA) is 256 Å². The number of likely N-dealkylation sites (tertiary alicyclic amines) is 1. The van der Waals surface area contributed by atoms with Gasteiger partial charge in [-0.05, 0) is 79.9 Å². The fourth-order valence-corrected chi connectivity index (χ4v) is 6.50. The van der Waals surface area contributed by atoms with Crippen LogP contribution < -0.4 is 15.8 Å². The number of carbonyl (C=O) groups is 4. The first kappa shape index (κ1) is 41.1. The summed E-state index contributed by atoms with van der Waals surface area (Å²) in [6, 6.07) is 2.06. The number of hydroxylamine groups is 2. The Morgan fingerprint density at radius 2 is 1.76 bits per heavy atom. The van der Waals surface area contributed by atoms with E-state index in [2.05, 4.69) is 24.7 Å². The summed E-state index contributed by atoms with van der Waals surface area (Å²) in [5, 5.41) is 8.23. The molecule has 3 amide bonds. The SMILES string of the molecule is CC(C)(C)OC(=O)C(COc1ccc2nc(CC3CN(C(=O)OC(C)(C)C)C3)cn2c1)O/N=C(\C(=O)N[C@@H]1C(=O)N(OS(=O)(=O)O)C1(C)C)c1csc(N)n1. The number of thiazole rings is 1. The molecule has 2 fully saturated rings. The molecule has 2 aliphatic heterocycles. The molecule has 0 spiro atoms. The lowest BCUT2D eigenvalue weighted by Gasteiger charge is -2.50. The van der Waals surface area contributed by atoms with Crippen LogP contribution in [0.15, 0.2) is 35.1 Å². The van der Waals surface area contributed by atoms with Crippen LogP contribution in [0.4, 0.5) is 9.93 Å². The van der Waals surface area contributed by atoms with Gasteiger partial charge < -0.3 is 39.4 Å². The van der Waals surface area contributed by atoms with E-state index in [-0.39, 0.29) is 22.8 Å². The first-order valence-corrected chi connectivity index (χ1v) is 19.2. The molecule has 3 aromatic rings. The summed E-state index contributed by atoms with van der Waals surface area (Å²) in [6.07, 6.45) is 2.30. The van der Waals surface area contributed by atoms with Crippen molar-refractivity contribution >= 4 is 62.1 Å². The van der Waals surface area contributed by atoms with Gasteiger partial charge in [-0.2, -0.15) is 13.5 Å². The van der Waals surface area contributed by atoms with Gasteiger partial charge in [-0.1, -0.05) is 5.16 Å². The van der Waals surface area contributed by atoms with Crippen molar-refractivity contribution in [1.29, 1.82) is 0 Å². The van der Waals surface area contributed by atoms with Gasteiger partial charge in [0, 0.05) is 24.7 Å². The van der Waals surface area contributed by atoms with Crippen LogP contribution in [0, 0.1) is 5.92 Å². The molecule has 3 aromatic heterocycles. The molecule has 4 N–H and O–H groups in total. The average Bonchev–Trinajstić information content (AvgIpc) is 3.64. The summed E-state index contributed by atoms with van der Waals surface area (Å²) in [7, 11) is -5.03. The largest absolute Gasteiger partial charge is 0.487 e. The Morgan fingerprint density at radius 1 is 1.09 bits per heavy atom. The smallest absolute Gasteiger partial charge is 0.418 e. The van der Waals surface area contributed by atoms with E-state index in [4.69, 9.17) is 29.3 Å². The van der Waals surface area contributed by atoms with Gasteiger partial charge in [0.05, 0.1) is 17.4 Å². The van der Waals surface area contributed by atoms with Gasteiger partial charge >= 0.3 is 22.5 Å². The van der Waals surface area contributed by atoms with E-state index in [9.17, 15) is 27.6 Å². The van der Waals surface area contributed by atoms with E-state index in [1.807, 2.05) is 27.0 Å². The third-order valence-electron chi connectivity index (χ3n) is 8.02. The van der Waals surface area contributed by atoms with E-state index < -0.39 is 69.4 Å². The number of amides is 3. The normalized spacial score (nSPS) is 18.3. The predicted molar refractivity (Wildman–Crippen MR) is 195 cm³/mol. The molecule has 2 saturated heterocycles. The molecule has 20 nitrogen and oxygen atoms in total. The first-order chi connectivity index (χ1) is 25.4. The Morgan fingerprint density at radius 3 is 2.35 bits per heavy atom. The van der Waals surface area contributed by atoms with Crippen molar-refractivity contribution in [2.45, 2.75) is 90.7 Å². The number of nitrogens with one attached hydrogen (secondary N) is 1. The maximum atomic E-state index is 13.5. The molecule has 55 heavy (non-hydrogen) atoms. The van der Waals surface area contributed by atoms with Crippen molar-refractivity contribution in [3.63, 3.8) is 0 Å². The number of rotatable bonds is 13. The van der Waals surface area contributed by atoms with Gasteiger partial charge in [-0.25, -0.2) is 19.6 Å². The van der Waals surface area contributed by atoms with Crippen LogP contribution in [-0.2, 0) is 49.8 Å². The molecule has 0 bridgehead atoms. The molecule has 2 atom stereocenters. The molecule has 22 heteroatoms. The number of fused-ring (bicyclic) bond motifs is 1. The number of ether oxygens (including phenoxy) is 3. The highest BCUT2D eigenvalue weighted by molar-refractivity contribution is 7.80. The highest BCUT2D eigenvalue weighted by Gasteiger charge is 2.58. The van der Waals surface area contributed by atoms with Gasteiger partial charge in [-0.3, -0.25) is 14.1 Å². The van der Waals surface area contributed by atoms with Gasteiger partial charge in [0.25, 0.3) is 17.9 Å². The number of imidazole rings is 1. The lowest BCUT2D eigenvalue weighted by atomic mass is 9.84. The number of oxime groups is 1. The number of nitrogen functional groups attached to an aromatic ring is 1. The summed E-state index contributed by atoms with van der Waals surface area (Å²) in [5.41, 5.74) is 3.79. The number of pyridine rings is 1. The summed E-state index contributed by atoms with van der Waals surface area (Å²) < 4.78 is 54.5. The molecule has 300 valence electrons. The second kappa shape index (κ2) is 15.2. The fourth-order valence-electron chi connectivity index (χ4n) is 5.50. The third-order valence-corrected chi connectivity index (χ3v) is 9.03. The number of nitrogens with zero attached hydrogens (tertiary/aromatic N) is 6. The monoisotopic (exact) mass is 808 g/mol. The van der Waals surface area contributed by atoms with E-state index in [1.54, 1.807) is 48.4 Å². The minimum Gasteiger partial charge on any atom is -0.487 e. The molecular weight excluding hydrogens is 765 g/mol. The number of hydrogen-bond acceptors (Lipinski definition) is 16. The van der Waals surface area contributed by atoms with Crippen molar-refractivity contribution in [3.05, 3.63) is 41.3 Å². The van der Waals surface area contributed by atoms with Crippen molar-refractivity contribution in [1.82, 2.24) is 29.6 Å². The molecular formula is C33H44N8O12S2. The predicted octanol–water partition coefficient (Wildman–Crippen LogP) is 2.13. The van der Waals surface area contributed by atoms with Crippen LogP contribution in [0.1, 0.15) is 66.8 Å².